The molecule has 0 fully saturated rings. The molecule has 0 atom stereocenters. The van der Waals surface area contributed by atoms with E-state index in [9.17, 15) is 17.3 Å². The second kappa shape index (κ2) is 10.4. The van der Waals surface area contributed by atoms with Crippen LogP contribution in [0.4, 0.5) is 17.3 Å². The summed E-state index contributed by atoms with van der Waals surface area (Å²) in [4.78, 5) is 0. The highest BCUT2D eigenvalue weighted by atomic mass is 19.5. The van der Waals surface area contributed by atoms with Gasteiger partial charge in [-0.1, -0.05) is 75.4 Å². The van der Waals surface area contributed by atoms with Crippen LogP contribution in [0, 0.1) is 0 Å². The van der Waals surface area contributed by atoms with Gasteiger partial charge in [0.05, 0.1) is 5.41 Å². The van der Waals surface area contributed by atoms with E-state index in [4.69, 9.17) is 4.42 Å². The molecule has 176 valence electrons. The van der Waals surface area contributed by atoms with E-state index in [1.165, 1.54) is 16.7 Å². The molecule has 0 aliphatic rings. The standard InChI is InChI=1S/C27H31O.BF4/c1-26(2,3)23-18-24(28-25(19-23)27(4,5)6)17-14-20-12-15-22(16-13-20)21-10-8-7-9-11-21;2-1(3,4)5/h7-19H,1-6H3;/q+1;-1/b17-14+;. The quantitative estimate of drug-likeness (QED) is 0.216. The predicted octanol–water partition coefficient (Wildman–Crippen LogP) is 9.29. The van der Waals surface area contributed by atoms with Gasteiger partial charge in [0.25, 0.3) is 0 Å². The van der Waals surface area contributed by atoms with Crippen LogP contribution >= 0.6 is 0 Å². The van der Waals surface area contributed by atoms with Crippen molar-refractivity contribution in [2.45, 2.75) is 52.4 Å². The second-order valence-electron chi connectivity index (χ2n) is 9.93. The highest BCUT2D eigenvalue weighted by Crippen LogP contribution is 2.31. The molecule has 0 saturated heterocycles. The van der Waals surface area contributed by atoms with Gasteiger partial charge in [0, 0.05) is 18.2 Å². The van der Waals surface area contributed by atoms with E-state index in [0.29, 0.717) is 0 Å². The summed E-state index contributed by atoms with van der Waals surface area (Å²) in [6.45, 7) is 13.3. The Morgan fingerprint density at radius 2 is 1.18 bits per heavy atom. The van der Waals surface area contributed by atoms with Crippen LogP contribution in [-0.2, 0) is 10.8 Å². The first-order chi connectivity index (χ1) is 15.1. The maximum absolute atomic E-state index is 9.75. The van der Waals surface area contributed by atoms with E-state index >= 15 is 0 Å². The fraction of sp³-hybridized carbons (Fsp3) is 0.296. The molecule has 0 aliphatic heterocycles. The third-order valence-electron chi connectivity index (χ3n) is 4.88. The van der Waals surface area contributed by atoms with Gasteiger partial charge in [0.1, 0.15) is 0 Å². The Morgan fingerprint density at radius 1 is 0.667 bits per heavy atom. The van der Waals surface area contributed by atoms with Crippen molar-refractivity contribution in [3.05, 3.63) is 89.4 Å². The third-order valence-corrected chi connectivity index (χ3v) is 4.88. The van der Waals surface area contributed by atoms with Gasteiger partial charge >= 0.3 is 18.8 Å². The highest BCUT2D eigenvalue weighted by molar-refractivity contribution is 6.50. The lowest BCUT2D eigenvalue weighted by molar-refractivity contribution is 0.368. The van der Waals surface area contributed by atoms with Gasteiger partial charge in [0.2, 0.25) is 0 Å². The van der Waals surface area contributed by atoms with Crippen LogP contribution < -0.4 is 0 Å². The average Bonchev–Trinajstić information content (AvgIpc) is 2.71. The summed E-state index contributed by atoms with van der Waals surface area (Å²) in [5.74, 6) is 1.91. The Labute approximate surface area is 194 Å². The van der Waals surface area contributed by atoms with E-state index in [2.05, 4.69) is 114 Å². The summed E-state index contributed by atoms with van der Waals surface area (Å²) < 4.78 is 45.2. The van der Waals surface area contributed by atoms with Crippen molar-refractivity contribution in [1.29, 1.82) is 0 Å². The number of rotatable bonds is 3. The van der Waals surface area contributed by atoms with Crippen molar-refractivity contribution in [2.75, 3.05) is 0 Å². The van der Waals surface area contributed by atoms with Gasteiger partial charge in [-0.25, -0.2) is 4.42 Å². The molecule has 0 radical (unpaired) electrons. The lowest BCUT2D eigenvalue weighted by atomic mass is 9.84. The lowest BCUT2D eigenvalue weighted by Crippen LogP contribution is -2.16. The molecule has 3 aromatic rings. The van der Waals surface area contributed by atoms with Crippen molar-refractivity contribution < 1.29 is 21.7 Å². The van der Waals surface area contributed by atoms with E-state index in [1.807, 2.05) is 6.07 Å². The summed E-state index contributed by atoms with van der Waals surface area (Å²) >= 11 is 0. The Bertz CT molecular complexity index is 1020. The highest BCUT2D eigenvalue weighted by Gasteiger charge is 2.30. The number of hydrogen-bond donors (Lipinski definition) is 0. The molecule has 0 amide bonds. The summed E-state index contributed by atoms with van der Waals surface area (Å²) in [6, 6.07) is 23.4. The van der Waals surface area contributed by atoms with Gasteiger partial charge in [-0.15, -0.1) is 0 Å². The fourth-order valence-corrected chi connectivity index (χ4v) is 3.00. The molecular formula is C27H31BF4O. The number of hydrogen-bond acceptors (Lipinski definition) is 0. The van der Waals surface area contributed by atoms with Crippen LogP contribution in [0.1, 0.15) is 64.2 Å². The van der Waals surface area contributed by atoms with Crippen molar-refractivity contribution in [3.8, 4) is 11.1 Å². The minimum atomic E-state index is -6.00. The second-order valence-corrected chi connectivity index (χ2v) is 9.93. The predicted molar refractivity (Wildman–Crippen MR) is 132 cm³/mol. The van der Waals surface area contributed by atoms with E-state index < -0.39 is 7.25 Å². The summed E-state index contributed by atoms with van der Waals surface area (Å²) in [5.41, 5.74) is 4.97. The van der Waals surface area contributed by atoms with Crippen LogP contribution in [0.3, 0.4) is 0 Å². The number of benzene rings is 2. The Morgan fingerprint density at radius 3 is 1.67 bits per heavy atom. The van der Waals surface area contributed by atoms with Crippen molar-refractivity contribution in [3.63, 3.8) is 0 Å². The molecule has 1 heterocycles. The molecule has 1 nitrogen and oxygen atoms in total. The zero-order chi connectivity index (χ0) is 24.9. The monoisotopic (exact) mass is 458 g/mol. The van der Waals surface area contributed by atoms with Gasteiger partial charge in [-0.05, 0) is 54.5 Å². The lowest BCUT2D eigenvalue weighted by Gasteiger charge is -2.19. The summed E-state index contributed by atoms with van der Waals surface area (Å²) in [7, 11) is -6.00. The molecule has 0 saturated carbocycles. The molecule has 3 rings (SSSR count). The molecule has 1 aromatic heterocycles. The van der Waals surface area contributed by atoms with Gasteiger partial charge < -0.3 is 17.3 Å². The first-order valence-corrected chi connectivity index (χ1v) is 10.8. The zero-order valence-corrected chi connectivity index (χ0v) is 20.0. The number of halogens is 4. The maximum atomic E-state index is 9.75. The van der Waals surface area contributed by atoms with Crippen LogP contribution in [0.25, 0.3) is 23.3 Å². The minimum absolute atomic E-state index is 0.0266. The van der Waals surface area contributed by atoms with Crippen molar-refractivity contribution >= 4 is 19.4 Å². The SMILES string of the molecule is CC(C)(C)c1cc(/C=C/c2ccc(-c3ccccc3)cc2)[o+]c(C(C)(C)C)c1.F[B-](F)(F)F. The molecule has 33 heavy (non-hydrogen) atoms. The van der Waals surface area contributed by atoms with Gasteiger partial charge in [-0.3, -0.25) is 0 Å². The molecule has 2 aromatic carbocycles. The van der Waals surface area contributed by atoms with Crippen molar-refractivity contribution in [2.24, 2.45) is 0 Å². The third kappa shape index (κ3) is 9.25. The zero-order valence-electron chi connectivity index (χ0n) is 20.0. The molecule has 6 heteroatoms. The maximum Gasteiger partial charge on any atom is 0.673 e. The topological polar surface area (TPSA) is 11.3 Å². The average molecular weight is 458 g/mol. The normalized spacial score (nSPS) is 12.4. The summed E-state index contributed by atoms with van der Waals surface area (Å²) in [5, 5.41) is 0. The molecule has 0 N–H and O–H groups in total. The first-order valence-electron chi connectivity index (χ1n) is 10.8. The molecule has 0 bridgehead atoms. The van der Waals surface area contributed by atoms with Crippen LogP contribution in [0.15, 0.2) is 71.1 Å². The Balaban J connectivity index is 0.000000696. The smallest absolute Gasteiger partial charge is 0.418 e. The first kappa shape index (κ1) is 26.4. The Hall–Kier alpha value is -2.89. The molecule has 0 spiro atoms. The van der Waals surface area contributed by atoms with Gasteiger partial charge in [-0.2, -0.15) is 0 Å². The summed E-state index contributed by atoms with van der Waals surface area (Å²) in [6.07, 6.45) is 4.19. The van der Waals surface area contributed by atoms with Crippen molar-refractivity contribution in [1.82, 2.24) is 0 Å². The Kier molecular flexibility index (Phi) is 8.28. The van der Waals surface area contributed by atoms with Crippen LogP contribution in [-0.4, -0.2) is 7.25 Å². The van der Waals surface area contributed by atoms with Crippen LogP contribution in [0.5, 0.6) is 0 Å². The molecule has 0 unspecified atom stereocenters. The largest absolute Gasteiger partial charge is 0.673 e. The van der Waals surface area contributed by atoms with Crippen LogP contribution in [0.2, 0.25) is 0 Å². The minimum Gasteiger partial charge on any atom is -0.418 e. The molecular weight excluding hydrogens is 427 g/mol. The fourth-order valence-electron chi connectivity index (χ4n) is 3.00. The molecule has 0 aliphatic carbocycles. The van der Waals surface area contributed by atoms with Gasteiger partial charge in [0.15, 0.2) is 0 Å². The van der Waals surface area contributed by atoms with E-state index in [1.54, 1.807) is 0 Å². The van der Waals surface area contributed by atoms with E-state index in [-0.39, 0.29) is 10.8 Å². The van der Waals surface area contributed by atoms with E-state index in [0.717, 1.165) is 17.1 Å².